The average Bonchev–Trinajstić information content (AvgIpc) is 2.58. The minimum Gasteiger partial charge on any atom is -0.459 e. The topological polar surface area (TPSA) is 25.2 Å². The fourth-order valence-corrected chi connectivity index (χ4v) is 2.66. The lowest BCUT2D eigenvalue weighted by molar-refractivity contribution is 0.523. The van der Waals surface area contributed by atoms with Gasteiger partial charge in [0.15, 0.2) is 0 Å². The standard InChI is InChI=1S/C13H15Cl2NO/c1-3-4-9-12(7-16-2)17-11-6-8(14)5-10(15)13(9)11/h5-6,16H,3-4,7H2,1-2H3. The van der Waals surface area contributed by atoms with E-state index in [1.54, 1.807) is 6.07 Å². The third-order valence-corrected chi connectivity index (χ3v) is 3.24. The summed E-state index contributed by atoms with van der Waals surface area (Å²) in [5.74, 6) is 0.952. The number of fused-ring (bicyclic) bond motifs is 1. The van der Waals surface area contributed by atoms with E-state index in [4.69, 9.17) is 27.6 Å². The highest BCUT2D eigenvalue weighted by Gasteiger charge is 2.16. The molecule has 1 aromatic carbocycles. The maximum absolute atomic E-state index is 6.25. The van der Waals surface area contributed by atoms with Gasteiger partial charge in [-0.2, -0.15) is 0 Å². The third kappa shape index (κ3) is 2.44. The lowest BCUT2D eigenvalue weighted by Gasteiger charge is -2.01. The van der Waals surface area contributed by atoms with Gasteiger partial charge in [0.25, 0.3) is 0 Å². The summed E-state index contributed by atoms with van der Waals surface area (Å²) in [4.78, 5) is 0. The van der Waals surface area contributed by atoms with E-state index in [-0.39, 0.29) is 0 Å². The second kappa shape index (κ2) is 5.30. The lowest BCUT2D eigenvalue weighted by Crippen LogP contribution is -2.06. The minimum atomic E-state index is 0.607. The summed E-state index contributed by atoms with van der Waals surface area (Å²) in [6.45, 7) is 2.85. The largest absolute Gasteiger partial charge is 0.459 e. The SMILES string of the molecule is CCCc1c(CNC)oc2cc(Cl)cc(Cl)c12. The average molecular weight is 272 g/mol. The molecular weight excluding hydrogens is 257 g/mol. The molecule has 0 bridgehead atoms. The molecular formula is C13H15Cl2NO. The van der Waals surface area contributed by atoms with Crippen LogP contribution in [0.4, 0.5) is 0 Å². The number of hydrogen-bond acceptors (Lipinski definition) is 2. The van der Waals surface area contributed by atoms with Crippen molar-refractivity contribution in [1.29, 1.82) is 0 Å². The van der Waals surface area contributed by atoms with Crippen molar-refractivity contribution in [2.24, 2.45) is 0 Å². The first-order chi connectivity index (χ1) is 8.17. The summed E-state index contributed by atoms with van der Waals surface area (Å²) < 4.78 is 5.82. The first kappa shape index (κ1) is 12.7. The third-order valence-electron chi connectivity index (χ3n) is 2.73. The monoisotopic (exact) mass is 271 g/mol. The van der Waals surface area contributed by atoms with Gasteiger partial charge in [-0.05, 0) is 19.5 Å². The molecule has 0 aliphatic carbocycles. The number of halogens is 2. The van der Waals surface area contributed by atoms with Gasteiger partial charge in [0.05, 0.1) is 11.6 Å². The molecule has 0 amide bonds. The first-order valence-corrected chi connectivity index (χ1v) is 6.46. The Morgan fingerprint density at radius 2 is 2.06 bits per heavy atom. The second-order valence-corrected chi connectivity index (χ2v) is 4.89. The van der Waals surface area contributed by atoms with Crippen LogP contribution in [0.5, 0.6) is 0 Å². The molecule has 0 fully saturated rings. The van der Waals surface area contributed by atoms with Crippen molar-refractivity contribution in [1.82, 2.24) is 5.32 Å². The van der Waals surface area contributed by atoms with Gasteiger partial charge in [0, 0.05) is 22.0 Å². The van der Waals surface area contributed by atoms with Gasteiger partial charge in [-0.1, -0.05) is 36.5 Å². The van der Waals surface area contributed by atoms with Gasteiger partial charge in [-0.25, -0.2) is 0 Å². The highest BCUT2D eigenvalue weighted by atomic mass is 35.5. The van der Waals surface area contributed by atoms with Gasteiger partial charge in [0.2, 0.25) is 0 Å². The molecule has 1 N–H and O–H groups in total. The Morgan fingerprint density at radius 1 is 1.29 bits per heavy atom. The Bertz CT molecular complexity index is 534. The molecule has 0 spiro atoms. The maximum atomic E-state index is 6.25. The number of hydrogen-bond donors (Lipinski definition) is 1. The first-order valence-electron chi connectivity index (χ1n) is 5.71. The summed E-state index contributed by atoms with van der Waals surface area (Å²) >= 11 is 12.2. The van der Waals surface area contributed by atoms with Crippen LogP contribution in [0.3, 0.4) is 0 Å². The highest BCUT2D eigenvalue weighted by molar-refractivity contribution is 6.38. The van der Waals surface area contributed by atoms with E-state index < -0.39 is 0 Å². The number of aryl methyl sites for hydroxylation is 1. The number of rotatable bonds is 4. The van der Waals surface area contributed by atoms with Crippen LogP contribution < -0.4 is 5.32 Å². The zero-order chi connectivity index (χ0) is 12.4. The predicted molar refractivity (Wildman–Crippen MR) is 73.0 cm³/mol. The van der Waals surface area contributed by atoms with E-state index in [0.29, 0.717) is 16.6 Å². The van der Waals surface area contributed by atoms with Crippen molar-refractivity contribution in [2.45, 2.75) is 26.3 Å². The predicted octanol–water partition coefficient (Wildman–Crippen LogP) is 4.41. The number of benzene rings is 1. The summed E-state index contributed by atoms with van der Waals surface area (Å²) in [5, 5.41) is 5.39. The molecule has 2 aromatic rings. The van der Waals surface area contributed by atoms with Gasteiger partial charge in [-0.3, -0.25) is 0 Å². The fraction of sp³-hybridized carbons (Fsp3) is 0.385. The Balaban J connectivity index is 2.66. The van der Waals surface area contributed by atoms with E-state index in [9.17, 15) is 0 Å². The molecule has 0 radical (unpaired) electrons. The van der Waals surface area contributed by atoms with Crippen molar-refractivity contribution < 1.29 is 4.42 Å². The second-order valence-electron chi connectivity index (χ2n) is 4.04. The molecule has 0 atom stereocenters. The molecule has 2 nitrogen and oxygen atoms in total. The lowest BCUT2D eigenvalue weighted by atomic mass is 10.1. The van der Waals surface area contributed by atoms with E-state index in [0.717, 1.165) is 29.6 Å². The molecule has 0 unspecified atom stereocenters. The van der Waals surface area contributed by atoms with E-state index in [1.807, 2.05) is 13.1 Å². The van der Waals surface area contributed by atoms with E-state index in [2.05, 4.69) is 12.2 Å². The molecule has 0 aliphatic rings. The quantitative estimate of drug-likeness (QED) is 0.891. The fourth-order valence-electron chi connectivity index (χ4n) is 2.07. The zero-order valence-corrected chi connectivity index (χ0v) is 11.5. The van der Waals surface area contributed by atoms with Crippen LogP contribution in [0.25, 0.3) is 11.0 Å². The van der Waals surface area contributed by atoms with Crippen molar-refractivity contribution in [3.05, 3.63) is 33.5 Å². The van der Waals surface area contributed by atoms with Crippen molar-refractivity contribution in [2.75, 3.05) is 7.05 Å². The molecule has 0 aliphatic heterocycles. The van der Waals surface area contributed by atoms with Crippen LogP contribution in [0.2, 0.25) is 10.0 Å². The smallest absolute Gasteiger partial charge is 0.137 e. The highest BCUT2D eigenvalue weighted by Crippen LogP contribution is 2.35. The van der Waals surface area contributed by atoms with Crippen molar-refractivity contribution >= 4 is 34.2 Å². The summed E-state index contributed by atoms with van der Waals surface area (Å²) in [6, 6.07) is 3.59. The van der Waals surface area contributed by atoms with Gasteiger partial charge >= 0.3 is 0 Å². The van der Waals surface area contributed by atoms with Crippen LogP contribution in [0, 0.1) is 0 Å². The Hall–Kier alpha value is -0.700. The van der Waals surface area contributed by atoms with Gasteiger partial charge < -0.3 is 9.73 Å². The summed E-state index contributed by atoms with van der Waals surface area (Å²) in [7, 11) is 1.90. The van der Waals surface area contributed by atoms with Crippen LogP contribution in [-0.2, 0) is 13.0 Å². The molecule has 2 rings (SSSR count). The summed E-state index contributed by atoms with van der Waals surface area (Å²) in [5.41, 5.74) is 1.97. The zero-order valence-electron chi connectivity index (χ0n) is 9.94. The molecule has 0 saturated carbocycles. The molecule has 92 valence electrons. The van der Waals surface area contributed by atoms with Crippen LogP contribution in [0.1, 0.15) is 24.7 Å². The molecule has 1 heterocycles. The van der Waals surface area contributed by atoms with Crippen LogP contribution >= 0.6 is 23.2 Å². The van der Waals surface area contributed by atoms with Crippen molar-refractivity contribution in [3.8, 4) is 0 Å². The molecule has 4 heteroatoms. The van der Waals surface area contributed by atoms with Gasteiger partial charge in [-0.15, -0.1) is 0 Å². The normalized spacial score (nSPS) is 11.3. The van der Waals surface area contributed by atoms with E-state index >= 15 is 0 Å². The Kier molecular flexibility index (Phi) is 3.97. The molecule has 1 aromatic heterocycles. The minimum absolute atomic E-state index is 0.607. The van der Waals surface area contributed by atoms with Crippen LogP contribution in [-0.4, -0.2) is 7.05 Å². The number of furan rings is 1. The van der Waals surface area contributed by atoms with Crippen LogP contribution in [0.15, 0.2) is 16.5 Å². The Morgan fingerprint density at radius 3 is 2.71 bits per heavy atom. The Labute approximate surface area is 111 Å². The maximum Gasteiger partial charge on any atom is 0.137 e. The van der Waals surface area contributed by atoms with E-state index in [1.165, 1.54) is 5.56 Å². The molecule has 17 heavy (non-hydrogen) atoms. The van der Waals surface area contributed by atoms with Gasteiger partial charge in [0.1, 0.15) is 11.3 Å². The molecule has 0 saturated heterocycles. The number of nitrogens with one attached hydrogen (secondary N) is 1. The van der Waals surface area contributed by atoms with Crippen molar-refractivity contribution in [3.63, 3.8) is 0 Å². The summed E-state index contributed by atoms with van der Waals surface area (Å²) in [6.07, 6.45) is 2.02.